The van der Waals surface area contributed by atoms with Crippen molar-refractivity contribution in [2.24, 2.45) is 5.92 Å². The van der Waals surface area contributed by atoms with Gasteiger partial charge in [0.25, 0.3) is 5.91 Å². The van der Waals surface area contributed by atoms with E-state index in [1.54, 1.807) is 24.7 Å². The molecule has 1 heterocycles. The van der Waals surface area contributed by atoms with Crippen molar-refractivity contribution in [3.05, 3.63) is 48.5 Å². The SMILES string of the molecule is CC(C)CC(O)CNC(=O)c1ccc(-n2ccnc2)cc1. The smallest absolute Gasteiger partial charge is 0.251 e. The minimum atomic E-state index is -0.501. The summed E-state index contributed by atoms with van der Waals surface area (Å²) in [6.07, 6.45) is 5.44. The summed E-state index contributed by atoms with van der Waals surface area (Å²) in [5, 5.41) is 12.5. The predicted octanol–water partition coefficient (Wildman–Crippen LogP) is 2.01. The third kappa shape index (κ3) is 4.43. The van der Waals surface area contributed by atoms with E-state index in [9.17, 15) is 9.90 Å². The molecule has 0 aliphatic heterocycles. The van der Waals surface area contributed by atoms with Crippen molar-refractivity contribution in [3.63, 3.8) is 0 Å². The summed E-state index contributed by atoms with van der Waals surface area (Å²) < 4.78 is 1.87. The number of aliphatic hydroxyl groups is 1. The van der Waals surface area contributed by atoms with Crippen LogP contribution in [0.25, 0.3) is 5.69 Å². The van der Waals surface area contributed by atoms with E-state index in [-0.39, 0.29) is 12.5 Å². The number of carbonyl (C=O) groups excluding carboxylic acids is 1. The lowest BCUT2D eigenvalue weighted by Gasteiger charge is -2.14. The van der Waals surface area contributed by atoms with Crippen LogP contribution in [0.2, 0.25) is 0 Å². The number of hydrogen-bond acceptors (Lipinski definition) is 3. The molecule has 1 aromatic carbocycles. The minimum Gasteiger partial charge on any atom is -0.391 e. The first-order valence-corrected chi connectivity index (χ1v) is 7.11. The number of aliphatic hydroxyl groups excluding tert-OH is 1. The molecule has 0 bridgehead atoms. The summed E-state index contributed by atoms with van der Waals surface area (Å²) in [6, 6.07) is 7.25. The number of benzene rings is 1. The van der Waals surface area contributed by atoms with E-state index in [1.165, 1.54) is 0 Å². The molecule has 1 unspecified atom stereocenters. The molecule has 112 valence electrons. The summed E-state index contributed by atoms with van der Waals surface area (Å²) in [5.41, 5.74) is 1.53. The van der Waals surface area contributed by atoms with Gasteiger partial charge in [-0.15, -0.1) is 0 Å². The van der Waals surface area contributed by atoms with E-state index < -0.39 is 6.10 Å². The van der Waals surface area contributed by atoms with Gasteiger partial charge in [0.05, 0.1) is 12.4 Å². The molecule has 0 aliphatic rings. The lowest BCUT2D eigenvalue weighted by atomic mass is 10.1. The Balaban J connectivity index is 1.91. The maximum absolute atomic E-state index is 12.0. The van der Waals surface area contributed by atoms with Gasteiger partial charge in [-0.1, -0.05) is 13.8 Å². The highest BCUT2D eigenvalue weighted by Gasteiger charge is 2.10. The maximum atomic E-state index is 12.0. The fraction of sp³-hybridized carbons (Fsp3) is 0.375. The van der Waals surface area contributed by atoms with Crippen LogP contribution >= 0.6 is 0 Å². The van der Waals surface area contributed by atoms with E-state index in [1.807, 2.05) is 36.7 Å². The largest absolute Gasteiger partial charge is 0.391 e. The Morgan fingerprint density at radius 2 is 2.05 bits per heavy atom. The Morgan fingerprint density at radius 3 is 2.62 bits per heavy atom. The van der Waals surface area contributed by atoms with Crippen molar-refractivity contribution >= 4 is 5.91 Å². The van der Waals surface area contributed by atoms with Crippen molar-refractivity contribution in [1.29, 1.82) is 0 Å². The quantitative estimate of drug-likeness (QED) is 0.854. The van der Waals surface area contributed by atoms with Gasteiger partial charge in [0.15, 0.2) is 0 Å². The van der Waals surface area contributed by atoms with Crippen LogP contribution < -0.4 is 5.32 Å². The van der Waals surface area contributed by atoms with Crippen LogP contribution in [0.5, 0.6) is 0 Å². The van der Waals surface area contributed by atoms with Crippen LogP contribution in [0.3, 0.4) is 0 Å². The zero-order valence-corrected chi connectivity index (χ0v) is 12.4. The summed E-state index contributed by atoms with van der Waals surface area (Å²) in [4.78, 5) is 16.0. The van der Waals surface area contributed by atoms with Gasteiger partial charge in [-0.05, 0) is 36.6 Å². The number of aromatic nitrogens is 2. The van der Waals surface area contributed by atoms with E-state index in [4.69, 9.17) is 0 Å². The molecule has 2 N–H and O–H groups in total. The Kier molecular flexibility index (Phi) is 5.11. The zero-order chi connectivity index (χ0) is 15.2. The summed E-state index contributed by atoms with van der Waals surface area (Å²) in [5.74, 6) is 0.237. The summed E-state index contributed by atoms with van der Waals surface area (Å²) in [7, 11) is 0. The average Bonchev–Trinajstić information content (AvgIpc) is 2.98. The van der Waals surface area contributed by atoms with Crippen LogP contribution in [0.15, 0.2) is 43.0 Å². The van der Waals surface area contributed by atoms with Crippen LogP contribution in [-0.4, -0.2) is 33.2 Å². The van der Waals surface area contributed by atoms with Gasteiger partial charge in [-0.3, -0.25) is 4.79 Å². The van der Waals surface area contributed by atoms with Crippen LogP contribution in [0.4, 0.5) is 0 Å². The molecule has 1 amide bonds. The van der Waals surface area contributed by atoms with Crippen molar-refractivity contribution in [1.82, 2.24) is 14.9 Å². The maximum Gasteiger partial charge on any atom is 0.251 e. The fourth-order valence-electron chi connectivity index (χ4n) is 2.14. The molecule has 2 aromatic rings. The summed E-state index contributed by atoms with van der Waals surface area (Å²) in [6.45, 7) is 4.36. The summed E-state index contributed by atoms with van der Waals surface area (Å²) >= 11 is 0. The van der Waals surface area contributed by atoms with Crippen molar-refractivity contribution in [2.75, 3.05) is 6.54 Å². The van der Waals surface area contributed by atoms with Gasteiger partial charge >= 0.3 is 0 Å². The molecule has 1 atom stereocenters. The van der Waals surface area contributed by atoms with Gasteiger partial charge in [-0.25, -0.2) is 4.98 Å². The highest BCUT2D eigenvalue weighted by molar-refractivity contribution is 5.94. The standard InChI is InChI=1S/C16H21N3O2/c1-12(2)9-15(20)10-18-16(21)13-3-5-14(6-4-13)19-8-7-17-11-19/h3-8,11-12,15,20H,9-10H2,1-2H3,(H,18,21). The molecule has 0 saturated carbocycles. The first-order chi connectivity index (χ1) is 10.1. The van der Waals surface area contributed by atoms with Crippen LogP contribution in [0.1, 0.15) is 30.6 Å². The Morgan fingerprint density at radius 1 is 1.33 bits per heavy atom. The third-order valence-electron chi connectivity index (χ3n) is 3.17. The Labute approximate surface area is 124 Å². The number of rotatable bonds is 6. The second-order valence-electron chi connectivity index (χ2n) is 5.51. The normalized spacial score (nSPS) is 12.4. The minimum absolute atomic E-state index is 0.171. The number of amides is 1. The molecule has 0 aliphatic carbocycles. The van der Waals surface area contributed by atoms with Crippen molar-refractivity contribution < 1.29 is 9.90 Å². The van der Waals surface area contributed by atoms with Gasteiger partial charge in [0, 0.05) is 30.2 Å². The number of hydrogen-bond donors (Lipinski definition) is 2. The molecule has 5 heteroatoms. The molecule has 0 saturated heterocycles. The number of nitrogens with one attached hydrogen (secondary N) is 1. The van der Waals surface area contributed by atoms with Crippen molar-refractivity contribution in [3.8, 4) is 5.69 Å². The van der Waals surface area contributed by atoms with E-state index >= 15 is 0 Å². The molecule has 1 aromatic heterocycles. The predicted molar refractivity (Wildman–Crippen MR) is 81.4 cm³/mol. The second-order valence-corrected chi connectivity index (χ2v) is 5.51. The fourth-order valence-corrected chi connectivity index (χ4v) is 2.14. The highest BCUT2D eigenvalue weighted by Crippen LogP contribution is 2.09. The molecular formula is C16H21N3O2. The number of imidazole rings is 1. The second kappa shape index (κ2) is 7.04. The van der Waals surface area contributed by atoms with E-state index in [0.717, 1.165) is 5.69 Å². The lowest BCUT2D eigenvalue weighted by molar-refractivity contribution is 0.0900. The highest BCUT2D eigenvalue weighted by atomic mass is 16.3. The zero-order valence-electron chi connectivity index (χ0n) is 12.4. The van der Waals surface area contributed by atoms with Crippen LogP contribution in [-0.2, 0) is 0 Å². The van der Waals surface area contributed by atoms with Crippen LogP contribution in [0, 0.1) is 5.92 Å². The van der Waals surface area contributed by atoms with Gasteiger partial charge < -0.3 is 15.0 Å². The molecule has 0 spiro atoms. The molecule has 0 fully saturated rings. The van der Waals surface area contributed by atoms with Gasteiger partial charge in [-0.2, -0.15) is 0 Å². The average molecular weight is 287 g/mol. The number of carbonyl (C=O) groups is 1. The number of nitrogens with zero attached hydrogens (tertiary/aromatic N) is 2. The molecule has 0 radical (unpaired) electrons. The molecule has 2 rings (SSSR count). The first kappa shape index (κ1) is 15.3. The van der Waals surface area contributed by atoms with Crippen molar-refractivity contribution in [2.45, 2.75) is 26.4 Å². The molecular weight excluding hydrogens is 266 g/mol. The van der Waals surface area contributed by atoms with Gasteiger partial charge in [0.2, 0.25) is 0 Å². The molecule has 5 nitrogen and oxygen atoms in total. The van der Waals surface area contributed by atoms with E-state index in [2.05, 4.69) is 10.3 Å². The Hall–Kier alpha value is -2.14. The first-order valence-electron chi connectivity index (χ1n) is 7.11. The Bertz CT molecular complexity index is 562. The van der Waals surface area contributed by atoms with Gasteiger partial charge in [0.1, 0.15) is 0 Å². The topological polar surface area (TPSA) is 67.2 Å². The molecule has 21 heavy (non-hydrogen) atoms. The monoisotopic (exact) mass is 287 g/mol. The third-order valence-corrected chi connectivity index (χ3v) is 3.17. The lowest BCUT2D eigenvalue weighted by Crippen LogP contribution is -2.32. The van der Waals surface area contributed by atoms with E-state index in [0.29, 0.717) is 17.9 Å².